The van der Waals surface area contributed by atoms with Gasteiger partial charge in [0, 0.05) is 25.2 Å². The Hall–Kier alpha value is -1.26. The van der Waals surface area contributed by atoms with Crippen LogP contribution in [0.15, 0.2) is 18.2 Å². The number of anilines is 1. The fourth-order valence-corrected chi connectivity index (χ4v) is 2.27. The number of benzene rings is 1. The van der Waals surface area contributed by atoms with Crippen molar-refractivity contribution >= 4 is 23.3 Å². The summed E-state index contributed by atoms with van der Waals surface area (Å²) in [4.78, 5) is 13.2. The number of hydrogen-bond donors (Lipinski definition) is 1. The topological polar surface area (TPSA) is 49.8 Å². The highest BCUT2D eigenvalue weighted by molar-refractivity contribution is 6.31. The third kappa shape index (κ3) is 2.53. The minimum atomic E-state index is -0.955. The van der Waals surface area contributed by atoms with Crippen LogP contribution in [0.25, 0.3) is 0 Å². The Bertz CT molecular complexity index is 436. The molecule has 5 heteroatoms. The van der Waals surface area contributed by atoms with Gasteiger partial charge in [0.25, 0.3) is 0 Å². The third-order valence-corrected chi connectivity index (χ3v) is 3.24. The summed E-state index contributed by atoms with van der Waals surface area (Å²) in [6.45, 7) is 1.53. The normalized spacial score (nSPS) is 19.6. The molecule has 0 aliphatic carbocycles. The van der Waals surface area contributed by atoms with Crippen LogP contribution in [-0.4, -0.2) is 37.4 Å². The van der Waals surface area contributed by atoms with Gasteiger partial charge in [-0.25, -0.2) is 4.79 Å². The highest BCUT2D eigenvalue weighted by Gasteiger charge is 2.25. The quantitative estimate of drug-likeness (QED) is 0.900. The predicted octanol–water partition coefficient (Wildman–Crippen LogP) is 2.26. The number of aromatic carboxylic acids is 1. The summed E-state index contributed by atoms with van der Waals surface area (Å²) >= 11 is 5.82. The zero-order valence-corrected chi connectivity index (χ0v) is 10.3. The Labute approximate surface area is 105 Å². The second-order valence-electron chi connectivity index (χ2n) is 4.06. The monoisotopic (exact) mass is 255 g/mol. The number of methoxy groups -OCH3 is 1. The van der Waals surface area contributed by atoms with Crippen molar-refractivity contribution in [2.24, 2.45) is 0 Å². The maximum atomic E-state index is 11.2. The molecular weight excluding hydrogens is 242 g/mol. The Balaban J connectivity index is 2.29. The van der Waals surface area contributed by atoms with E-state index in [1.807, 2.05) is 4.90 Å². The zero-order valence-electron chi connectivity index (χ0n) is 9.52. The Kier molecular flexibility index (Phi) is 3.54. The SMILES string of the molecule is COC1CCN(c2ccc(Cl)cc2C(=O)O)C1. The number of ether oxygens (including phenoxy) is 1. The molecule has 1 heterocycles. The average molecular weight is 256 g/mol. The molecule has 92 valence electrons. The van der Waals surface area contributed by atoms with Crippen LogP contribution in [0.3, 0.4) is 0 Å². The van der Waals surface area contributed by atoms with Gasteiger partial charge in [-0.2, -0.15) is 0 Å². The van der Waals surface area contributed by atoms with Crippen LogP contribution in [0, 0.1) is 0 Å². The smallest absolute Gasteiger partial charge is 0.337 e. The molecule has 0 saturated carbocycles. The van der Waals surface area contributed by atoms with E-state index >= 15 is 0 Å². The zero-order chi connectivity index (χ0) is 12.4. The van der Waals surface area contributed by atoms with Crippen LogP contribution < -0.4 is 4.90 Å². The van der Waals surface area contributed by atoms with E-state index in [0.717, 1.165) is 19.5 Å². The first kappa shape index (κ1) is 12.2. The first-order valence-electron chi connectivity index (χ1n) is 5.42. The lowest BCUT2D eigenvalue weighted by Gasteiger charge is -2.20. The summed E-state index contributed by atoms with van der Waals surface area (Å²) in [5.41, 5.74) is 0.954. The molecule has 0 amide bonds. The van der Waals surface area contributed by atoms with Gasteiger partial charge in [-0.05, 0) is 24.6 Å². The molecule has 1 fully saturated rings. The molecule has 0 aromatic heterocycles. The summed E-state index contributed by atoms with van der Waals surface area (Å²) in [5.74, 6) is -0.955. The molecule has 1 atom stereocenters. The van der Waals surface area contributed by atoms with E-state index in [9.17, 15) is 4.79 Å². The Morgan fingerprint density at radius 3 is 2.94 bits per heavy atom. The maximum Gasteiger partial charge on any atom is 0.337 e. The van der Waals surface area contributed by atoms with E-state index in [1.165, 1.54) is 6.07 Å². The van der Waals surface area contributed by atoms with Gasteiger partial charge in [0.1, 0.15) is 0 Å². The van der Waals surface area contributed by atoms with Crippen molar-refractivity contribution in [2.75, 3.05) is 25.1 Å². The summed E-state index contributed by atoms with van der Waals surface area (Å²) in [6.07, 6.45) is 1.09. The van der Waals surface area contributed by atoms with Gasteiger partial charge in [-0.15, -0.1) is 0 Å². The van der Waals surface area contributed by atoms with Crippen LogP contribution in [0.1, 0.15) is 16.8 Å². The van der Waals surface area contributed by atoms with Crippen LogP contribution in [0.4, 0.5) is 5.69 Å². The van der Waals surface area contributed by atoms with E-state index in [0.29, 0.717) is 10.7 Å². The van der Waals surface area contributed by atoms with Gasteiger partial charge >= 0.3 is 5.97 Å². The number of carboxylic acid groups (broad SMARTS) is 1. The van der Waals surface area contributed by atoms with E-state index in [1.54, 1.807) is 19.2 Å². The molecule has 2 rings (SSSR count). The van der Waals surface area contributed by atoms with Crippen LogP contribution in [-0.2, 0) is 4.74 Å². The molecule has 4 nitrogen and oxygen atoms in total. The summed E-state index contributed by atoms with van der Waals surface area (Å²) in [5, 5.41) is 9.60. The predicted molar refractivity (Wildman–Crippen MR) is 66.0 cm³/mol. The second-order valence-corrected chi connectivity index (χ2v) is 4.50. The number of rotatable bonds is 3. The Morgan fingerprint density at radius 1 is 1.59 bits per heavy atom. The van der Waals surface area contributed by atoms with E-state index in [-0.39, 0.29) is 11.7 Å². The standard InChI is InChI=1S/C12H14ClNO3/c1-17-9-4-5-14(7-9)11-3-2-8(13)6-10(11)12(15)16/h2-3,6,9H,4-5,7H2,1H3,(H,15,16). The molecular formula is C12H14ClNO3. The van der Waals surface area contributed by atoms with Crippen molar-refractivity contribution in [1.29, 1.82) is 0 Å². The molecule has 1 aliphatic rings. The van der Waals surface area contributed by atoms with Crippen molar-refractivity contribution in [3.8, 4) is 0 Å². The summed E-state index contributed by atoms with van der Waals surface area (Å²) in [7, 11) is 1.67. The van der Waals surface area contributed by atoms with Crippen molar-refractivity contribution in [3.63, 3.8) is 0 Å². The average Bonchev–Trinajstić information content (AvgIpc) is 2.77. The van der Waals surface area contributed by atoms with Gasteiger partial charge < -0.3 is 14.7 Å². The summed E-state index contributed by atoms with van der Waals surface area (Å²) in [6, 6.07) is 4.95. The van der Waals surface area contributed by atoms with Gasteiger partial charge in [-0.1, -0.05) is 11.6 Å². The fourth-order valence-electron chi connectivity index (χ4n) is 2.09. The van der Waals surface area contributed by atoms with Crippen LogP contribution in [0.5, 0.6) is 0 Å². The number of carboxylic acids is 1. The van der Waals surface area contributed by atoms with Crippen LogP contribution >= 0.6 is 11.6 Å². The molecule has 1 aromatic carbocycles. The number of nitrogens with zero attached hydrogens (tertiary/aromatic N) is 1. The molecule has 1 aromatic rings. The molecule has 1 aliphatic heterocycles. The largest absolute Gasteiger partial charge is 0.478 e. The highest BCUT2D eigenvalue weighted by Crippen LogP contribution is 2.28. The first-order chi connectivity index (χ1) is 8.11. The number of hydrogen-bond acceptors (Lipinski definition) is 3. The molecule has 0 radical (unpaired) electrons. The minimum absolute atomic E-state index is 0.173. The molecule has 1 unspecified atom stereocenters. The minimum Gasteiger partial charge on any atom is -0.478 e. The highest BCUT2D eigenvalue weighted by atomic mass is 35.5. The van der Waals surface area contributed by atoms with E-state index in [2.05, 4.69) is 0 Å². The lowest BCUT2D eigenvalue weighted by molar-refractivity contribution is 0.0697. The van der Waals surface area contributed by atoms with Crippen molar-refractivity contribution in [3.05, 3.63) is 28.8 Å². The van der Waals surface area contributed by atoms with E-state index < -0.39 is 5.97 Å². The number of halogens is 1. The fraction of sp³-hybridized carbons (Fsp3) is 0.417. The second kappa shape index (κ2) is 4.94. The van der Waals surface area contributed by atoms with Gasteiger partial charge in [0.05, 0.1) is 17.4 Å². The molecule has 1 N–H and O–H groups in total. The molecule has 0 bridgehead atoms. The van der Waals surface area contributed by atoms with Gasteiger partial charge in [0.15, 0.2) is 0 Å². The molecule has 0 spiro atoms. The maximum absolute atomic E-state index is 11.2. The molecule has 1 saturated heterocycles. The van der Waals surface area contributed by atoms with Crippen molar-refractivity contribution in [1.82, 2.24) is 0 Å². The lowest BCUT2D eigenvalue weighted by atomic mass is 10.1. The molecule has 17 heavy (non-hydrogen) atoms. The third-order valence-electron chi connectivity index (χ3n) is 3.01. The first-order valence-corrected chi connectivity index (χ1v) is 5.80. The van der Waals surface area contributed by atoms with Crippen molar-refractivity contribution in [2.45, 2.75) is 12.5 Å². The Morgan fingerprint density at radius 2 is 2.35 bits per heavy atom. The van der Waals surface area contributed by atoms with E-state index in [4.69, 9.17) is 21.4 Å². The van der Waals surface area contributed by atoms with Crippen molar-refractivity contribution < 1.29 is 14.6 Å². The van der Waals surface area contributed by atoms with Crippen LogP contribution in [0.2, 0.25) is 5.02 Å². The number of carbonyl (C=O) groups is 1. The summed E-state index contributed by atoms with van der Waals surface area (Å²) < 4.78 is 5.27. The lowest BCUT2D eigenvalue weighted by Crippen LogP contribution is -2.24. The van der Waals surface area contributed by atoms with Gasteiger partial charge in [0.2, 0.25) is 0 Å². The van der Waals surface area contributed by atoms with Gasteiger partial charge in [-0.3, -0.25) is 0 Å².